The zero-order valence-electron chi connectivity index (χ0n) is 19.3. The predicted octanol–water partition coefficient (Wildman–Crippen LogP) is 5.62. The van der Waals surface area contributed by atoms with Crippen molar-refractivity contribution in [3.8, 4) is 0 Å². The predicted molar refractivity (Wildman–Crippen MR) is 123 cm³/mol. The summed E-state index contributed by atoms with van der Waals surface area (Å²) in [5.41, 5.74) is 5.44. The van der Waals surface area contributed by atoms with Gasteiger partial charge >= 0.3 is 7.82 Å². The van der Waals surface area contributed by atoms with Crippen LogP contribution in [0, 0.1) is 0 Å². The molecule has 6 nitrogen and oxygen atoms in total. The number of aliphatic hydroxyl groups excluding tert-OH is 1. The third-order valence-electron chi connectivity index (χ3n) is 4.45. The lowest BCUT2D eigenvalue weighted by molar-refractivity contribution is 0.0139. The maximum Gasteiger partial charge on any atom is 0.469 e. The maximum atomic E-state index is 10.6. The van der Waals surface area contributed by atoms with Crippen LogP contribution in [-0.2, 0) is 13.8 Å². The summed E-state index contributed by atoms with van der Waals surface area (Å²) in [5, 5.41) is 9.52. The van der Waals surface area contributed by atoms with Crippen LogP contribution in [0.5, 0.6) is 0 Å². The van der Waals surface area contributed by atoms with Gasteiger partial charge in [0.15, 0.2) is 0 Å². The van der Waals surface area contributed by atoms with Gasteiger partial charge in [-0.3, -0.25) is 4.52 Å². The van der Waals surface area contributed by atoms with Crippen LogP contribution < -0.4 is 0 Å². The number of hydrogen-bond donors (Lipinski definition) is 3. The molecule has 30 heavy (non-hydrogen) atoms. The Kier molecular flexibility index (Phi) is 16.1. The Morgan fingerprint density at radius 2 is 1.27 bits per heavy atom. The van der Waals surface area contributed by atoms with E-state index in [0.29, 0.717) is 6.61 Å². The molecule has 0 aliphatic rings. The van der Waals surface area contributed by atoms with Crippen LogP contribution in [0.2, 0.25) is 0 Å². The van der Waals surface area contributed by atoms with Crippen LogP contribution in [0.25, 0.3) is 0 Å². The summed E-state index contributed by atoms with van der Waals surface area (Å²) in [5.74, 6) is 0. The first-order chi connectivity index (χ1) is 14.0. The molecule has 0 saturated heterocycles. The molecule has 7 heteroatoms. The molecule has 1 atom stereocenters. The van der Waals surface area contributed by atoms with E-state index in [4.69, 9.17) is 14.5 Å². The summed E-state index contributed by atoms with van der Waals surface area (Å²) in [7, 11) is -4.55. The van der Waals surface area contributed by atoms with Gasteiger partial charge in [0.1, 0.15) is 6.10 Å². The molecule has 0 aromatic carbocycles. The van der Waals surface area contributed by atoms with Crippen molar-refractivity contribution in [3.05, 3.63) is 46.6 Å². The van der Waals surface area contributed by atoms with Gasteiger partial charge in [-0.05, 0) is 73.1 Å². The Hall–Kier alpha value is -1.01. The van der Waals surface area contributed by atoms with E-state index < -0.39 is 20.5 Å². The molecule has 0 bridgehead atoms. The largest absolute Gasteiger partial charge is 0.469 e. The minimum absolute atomic E-state index is 0.0376. The van der Waals surface area contributed by atoms with Crippen molar-refractivity contribution in [1.29, 1.82) is 0 Å². The third kappa shape index (κ3) is 20.3. The van der Waals surface area contributed by atoms with Gasteiger partial charge in [-0.1, -0.05) is 46.6 Å². The maximum absolute atomic E-state index is 10.6. The zero-order chi connectivity index (χ0) is 23.0. The summed E-state index contributed by atoms with van der Waals surface area (Å²) < 4.78 is 20.1. The van der Waals surface area contributed by atoms with Gasteiger partial charge in [0.25, 0.3) is 0 Å². The number of ether oxygens (including phenoxy) is 1. The molecule has 0 rings (SSSR count). The smallest absolute Gasteiger partial charge is 0.388 e. The van der Waals surface area contributed by atoms with Gasteiger partial charge in [0.05, 0.1) is 19.8 Å². The van der Waals surface area contributed by atoms with E-state index >= 15 is 0 Å². The summed E-state index contributed by atoms with van der Waals surface area (Å²) in [6.07, 6.45) is 14.2. The van der Waals surface area contributed by atoms with Crippen molar-refractivity contribution in [2.24, 2.45) is 0 Å². The van der Waals surface area contributed by atoms with Crippen molar-refractivity contribution in [3.63, 3.8) is 0 Å². The number of phosphoric acid groups is 1. The Balaban J connectivity index is 3.98. The SMILES string of the molecule is CC(C)=CCCC(C)=CCCC(C)=CCCC(C)=CCOCC(O)COP(=O)(O)O. The highest BCUT2D eigenvalue weighted by Crippen LogP contribution is 2.35. The molecule has 0 fully saturated rings. The highest BCUT2D eigenvalue weighted by molar-refractivity contribution is 7.46. The monoisotopic (exact) mass is 444 g/mol. The van der Waals surface area contributed by atoms with E-state index in [9.17, 15) is 9.67 Å². The van der Waals surface area contributed by atoms with E-state index in [-0.39, 0.29) is 6.61 Å². The molecule has 0 aliphatic heterocycles. The van der Waals surface area contributed by atoms with Crippen molar-refractivity contribution < 1.29 is 28.7 Å². The van der Waals surface area contributed by atoms with E-state index in [0.717, 1.165) is 38.5 Å². The molecule has 174 valence electrons. The fourth-order valence-corrected chi connectivity index (χ4v) is 2.99. The second-order valence-corrected chi connectivity index (χ2v) is 9.27. The van der Waals surface area contributed by atoms with Crippen LogP contribution in [0.15, 0.2) is 46.6 Å². The standard InChI is InChI=1S/C23H41O6P/c1-19(2)9-6-10-20(3)11-7-12-21(4)13-8-14-22(5)15-16-28-17-23(24)18-29-30(25,26)27/h9,11,13,15,23-24H,6-8,10,12,14,16-18H2,1-5H3,(H2,25,26,27). The first kappa shape index (κ1) is 29.0. The van der Waals surface area contributed by atoms with Crippen molar-refractivity contribution >= 4 is 7.82 Å². The van der Waals surface area contributed by atoms with Crippen LogP contribution in [-0.4, -0.2) is 40.8 Å². The lowest BCUT2D eigenvalue weighted by Crippen LogP contribution is -2.21. The molecule has 0 amide bonds. The summed E-state index contributed by atoms with van der Waals surface area (Å²) in [6, 6.07) is 0. The Bertz CT molecular complexity index is 638. The molecule has 0 aromatic heterocycles. The third-order valence-corrected chi connectivity index (χ3v) is 4.93. The van der Waals surface area contributed by atoms with E-state index in [1.54, 1.807) is 0 Å². The molecule has 0 aliphatic carbocycles. The lowest BCUT2D eigenvalue weighted by Gasteiger charge is -2.11. The highest BCUT2D eigenvalue weighted by atomic mass is 31.2. The Morgan fingerprint density at radius 1 is 0.800 bits per heavy atom. The minimum atomic E-state index is -4.55. The number of rotatable bonds is 16. The quantitative estimate of drug-likeness (QED) is 0.162. The van der Waals surface area contributed by atoms with Crippen LogP contribution in [0.3, 0.4) is 0 Å². The first-order valence-electron chi connectivity index (χ1n) is 10.6. The van der Waals surface area contributed by atoms with Gasteiger partial charge in [-0.15, -0.1) is 0 Å². The van der Waals surface area contributed by atoms with E-state index in [1.807, 2.05) is 13.0 Å². The number of aliphatic hydroxyl groups is 1. The van der Waals surface area contributed by atoms with Gasteiger partial charge < -0.3 is 19.6 Å². The van der Waals surface area contributed by atoms with Crippen molar-refractivity contribution in [2.75, 3.05) is 19.8 Å². The highest BCUT2D eigenvalue weighted by Gasteiger charge is 2.16. The van der Waals surface area contributed by atoms with Gasteiger partial charge in [0, 0.05) is 0 Å². The molecule has 0 radical (unpaired) electrons. The molecule has 0 saturated carbocycles. The molecule has 3 N–H and O–H groups in total. The lowest BCUT2D eigenvalue weighted by atomic mass is 10.0. The van der Waals surface area contributed by atoms with Gasteiger partial charge in [-0.25, -0.2) is 4.57 Å². The summed E-state index contributed by atoms with van der Waals surface area (Å²) in [6.45, 7) is 10.5. The average Bonchev–Trinajstić information content (AvgIpc) is 2.62. The number of allylic oxidation sites excluding steroid dienone is 7. The molecule has 0 spiro atoms. The van der Waals surface area contributed by atoms with Crippen molar-refractivity contribution in [2.45, 2.75) is 79.2 Å². The first-order valence-corrected chi connectivity index (χ1v) is 12.1. The molecule has 0 heterocycles. The molecule has 0 aromatic rings. The summed E-state index contributed by atoms with van der Waals surface area (Å²) in [4.78, 5) is 17.1. The van der Waals surface area contributed by atoms with Crippen LogP contribution in [0.4, 0.5) is 0 Å². The fourth-order valence-electron chi connectivity index (χ4n) is 2.62. The molecular weight excluding hydrogens is 403 g/mol. The van der Waals surface area contributed by atoms with Crippen LogP contribution in [0.1, 0.15) is 73.1 Å². The van der Waals surface area contributed by atoms with Crippen LogP contribution >= 0.6 is 7.82 Å². The molecular formula is C23H41O6P. The normalized spacial score (nSPS) is 14.7. The van der Waals surface area contributed by atoms with E-state index in [2.05, 4.69) is 50.4 Å². The second kappa shape index (κ2) is 16.7. The number of hydrogen-bond acceptors (Lipinski definition) is 4. The van der Waals surface area contributed by atoms with E-state index in [1.165, 1.54) is 22.3 Å². The Morgan fingerprint density at radius 3 is 1.73 bits per heavy atom. The van der Waals surface area contributed by atoms with Gasteiger partial charge in [0.2, 0.25) is 0 Å². The fraction of sp³-hybridized carbons (Fsp3) is 0.652. The van der Waals surface area contributed by atoms with Crippen molar-refractivity contribution in [1.82, 2.24) is 0 Å². The number of phosphoric ester groups is 1. The summed E-state index contributed by atoms with van der Waals surface area (Å²) >= 11 is 0. The second-order valence-electron chi connectivity index (χ2n) is 8.03. The topological polar surface area (TPSA) is 96.2 Å². The minimum Gasteiger partial charge on any atom is -0.388 e. The average molecular weight is 445 g/mol. The van der Waals surface area contributed by atoms with Gasteiger partial charge in [-0.2, -0.15) is 0 Å². The zero-order valence-corrected chi connectivity index (χ0v) is 20.2. The Labute approximate surface area is 182 Å². The molecule has 1 unspecified atom stereocenters.